The van der Waals surface area contributed by atoms with Gasteiger partial charge in [-0.3, -0.25) is 4.79 Å². The molecule has 0 radical (unpaired) electrons. The summed E-state index contributed by atoms with van der Waals surface area (Å²) in [5, 5.41) is 2.28. The van der Waals surface area contributed by atoms with Crippen LogP contribution in [0.15, 0.2) is 16.6 Å². The van der Waals surface area contributed by atoms with Crippen LogP contribution in [-0.2, 0) is 4.79 Å². The van der Waals surface area contributed by atoms with Gasteiger partial charge in [-0.1, -0.05) is 36.7 Å². The molecular weight excluding hydrogens is 292 g/mol. The van der Waals surface area contributed by atoms with Crippen molar-refractivity contribution >= 4 is 27.5 Å². The van der Waals surface area contributed by atoms with Crippen molar-refractivity contribution in [1.82, 2.24) is 0 Å². The van der Waals surface area contributed by atoms with Gasteiger partial charge in [-0.25, -0.2) is 8.78 Å². The SMILES string of the molecule is CC(C)C(C)C(=O)Nc1c(F)cc(Br)cc1F. The lowest BCUT2D eigenvalue weighted by Gasteiger charge is -2.16. The molecule has 0 bridgehead atoms. The summed E-state index contributed by atoms with van der Waals surface area (Å²) < 4.78 is 27.2. The Kier molecular flexibility index (Phi) is 4.62. The minimum atomic E-state index is -0.791. The van der Waals surface area contributed by atoms with Crippen LogP contribution in [0.5, 0.6) is 0 Å². The number of hydrogen-bond donors (Lipinski definition) is 1. The molecule has 1 atom stereocenters. The van der Waals surface area contributed by atoms with E-state index < -0.39 is 17.3 Å². The van der Waals surface area contributed by atoms with Crippen LogP contribution in [-0.4, -0.2) is 5.91 Å². The molecule has 0 aliphatic carbocycles. The summed E-state index contributed by atoms with van der Waals surface area (Å²) in [7, 11) is 0. The first-order valence-electron chi connectivity index (χ1n) is 5.28. The lowest BCUT2D eigenvalue weighted by atomic mass is 9.97. The lowest BCUT2D eigenvalue weighted by Crippen LogP contribution is -2.25. The molecule has 1 amide bonds. The average Bonchev–Trinajstić information content (AvgIpc) is 2.21. The smallest absolute Gasteiger partial charge is 0.227 e. The first-order valence-corrected chi connectivity index (χ1v) is 6.07. The molecule has 0 aliphatic heterocycles. The Labute approximate surface area is 108 Å². The minimum Gasteiger partial charge on any atom is -0.321 e. The molecular formula is C12H14BrF2NO. The van der Waals surface area contributed by atoms with Crippen LogP contribution >= 0.6 is 15.9 Å². The largest absolute Gasteiger partial charge is 0.321 e. The number of rotatable bonds is 3. The van der Waals surface area contributed by atoms with Crippen molar-refractivity contribution in [2.24, 2.45) is 11.8 Å². The molecule has 17 heavy (non-hydrogen) atoms. The number of hydrogen-bond acceptors (Lipinski definition) is 1. The van der Waals surface area contributed by atoms with Crippen LogP contribution in [0, 0.1) is 23.5 Å². The minimum absolute atomic E-state index is 0.108. The van der Waals surface area contributed by atoms with E-state index >= 15 is 0 Å². The predicted octanol–water partition coefficient (Wildman–Crippen LogP) is 3.96. The van der Waals surface area contributed by atoms with Crippen molar-refractivity contribution < 1.29 is 13.6 Å². The third kappa shape index (κ3) is 3.49. The highest BCUT2D eigenvalue weighted by Gasteiger charge is 2.20. The van der Waals surface area contributed by atoms with Gasteiger partial charge in [-0.2, -0.15) is 0 Å². The summed E-state index contributed by atoms with van der Waals surface area (Å²) in [6.07, 6.45) is 0. The fraction of sp³-hybridized carbons (Fsp3) is 0.417. The Morgan fingerprint density at radius 2 is 1.71 bits per heavy atom. The van der Waals surface area contributed by atoms with E-state index in [2.05, 4.69) is 21.2 Å². The van der Waals surface area contributed by atoms with Gasteiger partial charge in [0.15, 0.2) is 11.6 Å². The normalized spacial score (nSPS) is 12.6. The van der Waals surface area contributed by atoms with Gasteiger partial charge >= 0.3 is 0 Å². The summed E-state index contributed by atoms with van der Waals surface area (Å²) in [5.74, 6) is -2.17. The molecule has 1 rings (SSSR count). The summed E-state index contributed by atoms with van der Waals surface area (Å²) >= 11 is 2.97. The summed E-state index contributed by atoms with van der Waals surface area (Å²) in [5.41, 5.74) is -0.397. The molecule has 0 saturated heterocycles. The number of nitrogens with one attached hydrogen (secondary N) is 1. The number of amides is 1. The van der Waals surface area contributed by atoms with Crippen LogP contribution < -0.4 is 5.32 Å². The Morgan fingerprint density at radius 3 is 2.12 bits per heavy atom. The molecule has 0 heterocycles. The molecule has 0 saturated carbocycles. The van der Waals surface area contributed by atoms with Gasteiger partial charge in [0.1, 0.15) is 5.69 Å². The zero-order valence-electron chi connectivity index (χ0n) is 9.85. The zero-order chi connectivity index (χ0) is 13.2. The second kappa shape index (κ2) is 5.58. The number of anilines is 1. The zero-order valence-corrected chi connectivity index (χ0v) is 11.4. The van der Waals surface area contributed by atoms with Crippen LogP contribution in [0.25, 0.3) is 0 Å². The molecule has 0 fully saturated rings. The highest BCUT2D eigenvalue weighted by atomic mass is 79.9. The number of halogens is 3. The summed E-state index contributed by atoms with van der Waals surface area (Å²) in [6, 6.07) is 2.22. The molecule has 2 nitrogen and oxygen atoms in total. The van der Waals surface area contributed by atoms with Crippen LogP contribution in [0.4, 0.5) is 14.5 Å². The Hall–Kier alpha value is -0.970. The van der Waals surface area contributed by atoms with E-state index in [1.807, 2.05) is 13.8 Å². The van der Waals surface area contributed by atoms with Crippen molar-refractivity contribution in [2.75, 3.05) is 5.32 Å². The molecule has 94 valence electrons. The van der Waals surface area contributed by atoms with E-state index in [1.165, 1.54) is 0 Å². The van der Waals surface area contributed by atoms with Gasteiger partial charge in [-0.05, 0) is 18.1 Å². The van der Waals surface area contributed by atoms with Crippen molar-refractivity contribution in [1.29, 1.82) is 0 Å². The van der Waals surface area contributed by atoms with Crippen LogP contribution in [0.1, 0.15) is 20.8 Å². The summed E-state index contributed by atoms with van der Waals surface area (Å²) in [6.45, 7) is 5.46. The van der Waals surface area contributed by atoms with Crippen molar-refractivity contribution in [3.05, 3.63) is 28.2 Å². The van der Waals surface area contributed by atoms with Crippen molar-refractivity contribution in [3.63, 3.8) is 0 Å². The Bertz CT molecular complexity index is 412. The van der Waals surface area contributed by atoms with E-state index in [9.17, 15) is 13.6 Å². The average molecular weight is 306 g/mol. The fourth-order valence-electron chi connectivity index (χ4n) is 1.20. The van der Waals surface area contributed by atoms with Crippen LogP contribution in [0.3, 0.4) is 0 Å². The molecule has 1 aromatic carbocycles. The lowest BCUT2D eigenvalue weighted by molar-refractivity contribution is -0.120. The third-order valence-electron chi connectivity index (χ3n) is 2.67. The van der Waals surface area contributed by atoms with Gasteiger partial charge in [0.05, 0.1) is 0 Å². The monoisotopic (exact) mass is 305 g/mol. The molecule has 1 unspecified atom stereocenters. The highest BCUT2D eigenvalue weighted by molar-refractivity contribution is 9.10. The fourth-order valence-corrected chi connectivity index (χ4v) is 1.60. The molecule has 0 aliphatic rings. The number of carbonyl (C=O) groups excluding carboxylic acids is 1. The standard InChI is InChI=1S/C12H14BrF2NO/c1-6(2)7(3)12(17)16-11-9(14)4-8(13)5-10(11)15/h4-7H,1-3H3,(H,16,17). The van der Waals surface area contributed by atoms with E-state index in [0.717, 1.165) is 12.1 Å². The molecule has 0 aromatic heterocycles. The van der Waals surface area contributed by atoms with E-state index in [1.54, 1.807) is 6.92 Å². The molecule has 1 N–H and O–H groups in total. The second-order valence-electron chi connectivity index (χ2n) is 4.27. The van der Waals surface area contributed by atoms with Gasteiger partial charge in [0, 0.05) is 10.4 Å². The Balaban J connectivity index is 2.93. The molecule has 5 heteroatoms. The Morgan fingerprint density at radius 1 is 1.24 bits per heavy atom. The van der Waals surface area contributed by atoms with E-state index in [0.29, 0.717) is 4.47 Å². The summed E-state index contributed by atoms with van der Waals surface area (Å²) in [4.78, 5) is 11.7. The van der Waals surface area contributed by atoms with E-state index in [-0.39, 0.29) is 17.7 Å². The predicted molar refractivity (Wildman–Crippen MR) is 66.7 cm³/mol. The molecule has 1 aromatic rings. The number of benzene rings is 1. The molecule has 0 spiro atoms. The van der Waals surface area contributed by atoms with E-state index in [4.69, 9.17) is 0 Å². The first-order chi connectivity index (χ1) is 7.82. The third-order valence-corrected chi connectivity index (χ3v) is 3.13. The van der Waals surface area contributed by atoms with Gasteiger partial charge in [0.25, 0.3) is 0 Å². The van der Waals surface area contributed by atoms with Gasteiger partial charge in [0.2, 0.25) is 5.91 Å². The highest BCUT2D eigenvalue weighted by Crippen LogP contribution is 2.24. The van der Waals surface area contributed by atoms with Gasteiger partial charge < -0.3 is 5.32 Å². The maximum atomic E-state index is 13.5. The quantitative estimate of drug-likeness (QED) is 0.900. The van der Waals surface area contributed by atoms with Crippen LogP contribution in [0.2, 0.25) is 0 Å². The topological polar surface area (TPSA) is 29.1 Å². The van der Waals surface area contributed by atoms with Gasteiger partial charge in [-0.15, -0.1) is 0 Å². The van der Waals surface area contributed by atoms with Crippen molar-refractivity contribution in [2.45, 2.75) is 20.8 Å². The maximum Gasteiger partial charge on any atom is 0.227 e. The maximum absolute atomic E-state index is 13.5. The van der Waals surface area contributed by atoms with Crippen molar-refractivity contribution in [3.8, 4) is 0 Å². The first kappa shape index (κ1) is 14.1. The number of carbonyl (C=O) groups is 1. The second-order valence-corrected chi connectivity index (χ2v) is 5.18.